The maximum Gasteiger partial charge on any atom is 0.417 e. The lowest BCUT2D eigenvalue weighted by molar-refractivity contribution is -0.137. The van der Waals surface area contributed by atoms with Gasteiger partial charge in [-0.3, -0.25) is 9.78 Å². The first-order valence-corrected chi connectivity index (χ1v) is 10.7. The Hall–Kier alpha value is -3.43. The second-order valence-corrected chi connectivity index (χ2v) is 8.28. The van der Waals surface area contributed by atoms with Gasteiger partial charge in [-0.1, -0.05) is 29.8 Å². The minimum atomic E-state index is -4.48. The molecule has 3 amide bonds. The number of aromatic nitrogens is 1. The molecular formula is C23H24F3N5O2. The van der Waals surface area contributed by atoms with Gasteiger partial charge in [-0.05, 0) is 38.0 Å². The van der Waals surface area contributed by atoms with Crippen LogP contribution in [-0.4, -0.2) is 51.7 Å². The Morgan fingerprint density at radius 3 is 2.48 bits per heavy atom. The van der Waals surface area contributed by atoms with E-state index in [2.05, 4.69) is 15.4 Å². The van der Waals surface area contributed by atoms with Crippen molar-refractivity contribution < 1.29 is 22.8 Å². The van der Waals surface area contributed by atoms with E-state index in [0.717, 1.165) is 29.8 Å². The summed E-state index contributed by atoms with van der Waals surface area (Å²) in [5.41, 5.74) is 2.00. The van der Waals surface area contributed by atoms with Crippen LogP contribution in [0, 0.1) is 6.92 Å². The molecule has 0 bridgehead atoms. The van der Waals surface area contributed by atoms with E-state index >= 15 is 0 Å². The molecule has 2 atom stereocenters. The van der Waals surface area contributed by atoms with Crippen LogP contribution in [0.3, 0.4) is 0 Å². The zero-order valence-corrected chi connectivity index (χ0v) is 18.3. The van der Waals surface area contributed by atoms with Gasteiger partial charge in [-0.2, -0.15) is 18.3 Å². The number of rotatable bonds is 4. The van der Waals surface area contributed by atoms with Crippen LogP contribution in [0.15, 0.2) is 47.7 Å². The molecule has 1 N–H and O–H groups in total. The third-order valence-electron chi connectivity index (χ3n) is 5.86. The predicted octanol–water partition coefficient (Wildman–Crippen LogP) is 3.89. The number of hydrogen-bond donors (Lipinski definition) is 1. The summed E-state index contributed by atoms with van der Waals surface area (Å²) in [5.74, 6) is 0.0318. The van der Waals surface area contributed by atoms with E-state index < -0.39 is 23.8 Å². The van der Waals surface area contributed by atoms with Gasteiger partial charge in [0.2, 0.25) is 5.91 Å². The highest BCUT2D eigenvalue weighted by atomic mass is 19.4. The second-order valence-electron chi connectivity index (χ2n) is 8.28. The molecule has 2 aliphatic heterocycles. The lowest BCUT2D eigenvalue weighted by atomic mass is 10.0. The van der Waals surface area contributed by atoms with E-state index in [0.29, 0.717) is 24.4 Å². The third kappa shape index (κ3) is 4.84. The molecule has 1 aromatic heterocycles. The molecule has 174 valence electrons. The summed E-state index contributed by atoms with van der Waals surface area (Å²) in [7, 11) is 0. The molecule has 1 saturated heterocycles. The summed E-state index contributed by atoms with van der Waals surface area (Å²) in [4.78, 5) is 30.9. The Morgan fingerprint density at radius 1 is 1.18 bits per heavy atom. The van der Waals surface area contributed by atoms with Crippen molar-refractivity contribution in [1.82, 2.24) is 20.2 Å². The molecular weight excluding hydrogens is 435 g/mol. The van der Waals surface area contributed by atoms with E-state index in [1.807, 2.05) is 31.2 Å². The molecule has 10 heteroatoms. The van der Waals surface area contributed by atoms with Gasteiger partial charge in [0, 0.05) is 19.2 Å². The van der Waals surface area contributed by atoms with E-state index in [9.17, 15) is 22.8 Å². The number of hydrogen-bond acceptors (Lipinski definition) is 4. The molecule has 1 aromatic carbocycles. The SMILES string of the molecule is Cc1ccc(C2=NN(C(=O)NC(C)c3ccc(C(F)(F)F)cn3)C[C@H]2N2CCCC2=O)cc1. The predicted molar refractivity (Wildman–Crippen MR) is 115 cm³/mol. The van der Waals surface area contributed by atoms with Gasteiger partial charge in [-0.25, -0.2) is 9.80 Å². The number of carbonyl (C=O) groups excluding carboxylic acids is 2. The van der Waals surface area contributed by atoms with Crippen LogP contribution in [0.1, 0.15) is 48.2 Å². The van der Waals surface area contributed by atoms with Crippen molar-refractivity contribution in [3.63, 3.8) is 0 Å². The topological polar surface area (TPSA) is 77.9 Å². The Kier molecular flexibility index (Phi) is 6.09. The number of likely N-dealkylation sites (tertiary alicyclic amines) is 1. The van der Waals surface area contributed by atoms with Gasteiger partial charge in [0.05, 0.1) is 35.6 Å². The standard InChI is InChI=1S/C23H24F3N5O2/c1-14-5-7-16(8-6-14)21-19(30-11-3-4-20(30)32)13-31(29-21)22(33)28-15(2)18-10-9-17(12-27-18)23(24,25)26/h5-10,12,15,19H,3-4,11,13H2,1-2H3,(H,28,33)/t15?,19-/m1/s1. The van der Waals surface area contributed by atoms with Crippen LogP contribution in [0.5, 0.6) is 0 Å². The van der Waals surface area contributed by atoms with Crippen LogP contribution < -0.4 is 5.32 Å². The lowest BCUT2D eigenvalue weighted by Crippen LogP contribution is -2.46. The smallest absolute Gasteiger partial charge is 0.332 e. The van der Waals surface area contributed by atoms with Crippen molar-refractivity contribution in [3.8, 4) is 0 Å². The monoisotopic (exact) mass is 459 g/mol. The van der Waals surface area contributed by atoms with Crippen molar-refractivity contribution in [1.29, 1.82) is 0 Å². The number of amides is 3. The second kappa shape index (κ2) is 8.84. The molecule has 1 unspecified atom stereocenters. The van der Waals surface area contributed by atoms with Crippen LogP contribution >= 0.6 is 0 Å². The van der Waals surface area contributed by atoms with Crippen LogP contribution in [-0.2, 0) is 11.0 Å². The minimum Gasteiger partial charge on any atom is -0.332 e. The number of carbonyl (C=O) groups is 2. The number of urea groups is 1. The maximum absolute atomic E-state index is 12.9. The van der Waals surface area contributed by atoms with Gasteiger partial charge < -0.3 is 10.2 Å². The highest BCUT2D eigenvalue weighted by Crippen LogP contribution is 2.29. The zero-order valence-electron chi connectivity index (χ0n) is 18.3. The quantitative estimate of drug-likeness (QED) is 0.754. The summed E-state index contributed by atoms with van der Waals surface area (Å²) in [6.45, 7) is 4.41. The normalized spacial score (nSPS) is 19.6. The van der Waals surface area contributed by atoms with E-state index in [-0.39, 0.29) is 18.5 Å². The molecule has 0 spiro atoms. The van der Waals surface area contributed by atoms with Gasteiger partial charge in [0.15, 0.2) is 0 Å². The summed E-state index contributed by atoms with van der Waals surface area (Å²) in [6.07, 6.45) is -2.49. The van der Waals surface area contributed by atoms with Gasteiger partial charge >= 0.3 is 12.2 Å². The Morgan fingerprint density at radius 2 is 1.91 bits per heavy atom. The first-order chi connectivity index (χ1) is 15.6. The number of halogens is 3. The molecule has 7 nitrogen and oxygen atoms in total. The highest BCUT2D eigenvalue weighted by Gasteiger charge is 2.39. The van der Waals surface area contributed by atoms with Crippen LogP contribution in [0.25, 0.3) is 0 Å². The number of nitrogens with zero attached hydrogens (tertiary/aromatic N) is 4. The summed E-state index contributed by atoms with van der Waals surface area (Å²) >= 11 is 0. The van der Waals surface area contributed by atoms with Crippen LogP contribution in [0.4, 0.5) is 18.0 Å². The first kappa shape index (κ1) is 22.8. The fourth-order valence-electron chi connectivity index (χ4n) is 4.00. The van der Waals surface area contributed by atoms with Crippen molar-refractivity contribution in [3.05, 3.63) is 65.0 Å². The summed E-state index contributed by atoms with van der Waals surface area (Å²) in [6, 6.07) is 8.40. The lowest BCUT2D eigenvalue weighted by Gasteiger charge is -2.25. The fraction of sp³-hybridized carbons (Fsp3) is 0.391. The number of benzene rings is 1. The number of nitrogens with one attached hydrogen (secondary N) is 1. The zero-order chi connectivity index (χ0) is 23.8. The van der Waals surface area contributed by atoms with Gasteiger partial charge in [0.1, 0.15) is 0 Å². The summed E-state index contributed by atoms with van der Waals surface area (Å²) in [5, 5.41) is 8.52. The number of aryl methyl sites for hydroxylation is 1. The minimum absolute atomic E-state index is 0.0318. The van der Waals surface area contributed by atoms with Gasteiger partial charge in [0.25, 0.3) is 0 Å². The highest BCUT2D eigenvalue weighted by molar-refractivity contribution is 6.08. The molecule has 33 heavy (non-hydrogen) atoms. The Bertz CT molecular complexity index is 1070. The van der Waals surface area contributed by atoms with E-state index in [1.165, 1.54) is 11.1 Å². The molecule has 4 rings (SSSR count). The molecule has 2 aliphatic rings. The molecule has 2 aromatic rings. The molecule has 3 heterocycles. The Labute approximate surface area is 189 Å². The number of alkyl halides is 3. The fourth-order valence-corrected chi connectivity index (χ4v) is 4.00. The molecule has 0 saturated carbocycles. The average molecular weight is 459 g/mol. The third-order valence-corrected chi connectivity index (χ3v) is 5.86. The van der Waals surface area contributed by atoms with Crippen molar-refractivity contribution >= 4 is 17.6 Å². The average Bonchev–Trinajstić information content (AvgIpc) is 3.40. The largest absolute Gasteiger partial charge is 0.417 e. The maximum atomic E-state index is 12.9. The molecule has 1 fully saturated rings. The van der Waals surface area contributed by atoms with Crippen LogP contribution in [0.2, 0.25) is 0 Å². The summed E-state index contributed by atoms with van der Waals surface area (Å²) < 4.78 is 38.3. The van der Waals surface area contributed by atoms with E-state index in [4.69, 9.17) is 0 Å². The van der Waals surface area contributed by atoms with E-state index in [1.54, 1.807) is 11.8 Å². The number of pyridine rings is 1. The molecule has 0 aliphatic carbocycles. The molecule has 0 radical (unpaired) electrons. The first-order valence-electron chi connectivity index (χ1n) is 10.7. The van der Waals surface area contributed by atoms with Gasteiger partial charge in [-0.15, -0.1) is 0 Å². The van der Waals surface area contributed by atoms with Crippen molar-refractivity contribution in [2.45, 2.75) is 44.9 Å². The van der Waals surface area contributed by atoms with Crippen molar-refractivity contribution in [2.75, 3.05) is 13.1 Å². The van der Waals surface area contributed by atoms with Crippen molar-refractivity contribution in [2.24, 2.45) is 5.10 Å². The Balaban J connectivity index is 1.52. The number of hydrazone groups is 1.